The number of thiophene rings is 1. The van der Waals surface area contributed by atoms with Gasteiger partial charge in [-0.3, -0.25) is 9.59 Å². The SMILES string of the molecule is CO[C@@H](CNC(=O)C(=O)NCc1ccco1)c1ccc(Cl)s1. The molecule has 0 aliphatic rings. The van der Waals surface area contributed by atoms with Gasteiger partial charge >= 0.3 is 11.8 Å². The lowest BCUT2D eigenvalue weighted by Crippen LogP contribution is -2.41. The number of carbonyl (C=O) groups is 2. The molecule has 2 aromatic rings. The molecule has 0 bridgehead atoms. The number of ether oxygens (including phenoxy) is 1. The van der Waals surface area contributed by atoms with Gasteiger partial charge in [-0.25, -0.2) is 0 Å². The number of carbonyl (C=O) groups excluding carboxylic acids is 2. The van der Waals surface area contributed by atoms with Gasteiger partial charge in [-0.1, -0.05) is 11.6 Å². The second kappa shape index (κ2) is 7.98. The molecule has 22 heavy (non-hydrogen) atoms. The van der Waals surface area contributed by atoms with Crippen LogP contribution in [-0.4, -0.2) is 25.5 Å². The Hall–Kier alpha value is -1.83. The minimum atomic E-state index is -0.726. The van der Waals surface area contributed by atoms with Gasteiger partial charge in [-0.05, 0) is 24.3 Å². The van der Waals surface area contributed by atoms with E-state index in [0.717, 1.165) is 4.88 Å². The van der Waals surface area contributed by atoms with Crippen LogP contribution in [0.5, 0.6) is 0 Å². The molecular formula is C14H15ClN2O4S. The molecule has 0 fully saturated rings. The number of methoxy groups -OCH3 is 1. The van der Waals surface area contributed by atoms with Gasteiger partial charge in [0.05, 0.1) is 17.1 Å². The molecule has 0 saturated heterocycles. The predicted octanol–water partition coefficient (Wildman–Crippen LogP) is 2.11. The predicted molar refractivity (Wildman–Crippen MR) is 82.6 cm³/mol. The second-order valence-corrected chi connectivity index (χ2v) is 6.08. The molecule has 2 rings (SSSR count). The lowest BCUT2D eigenvalue weighted by atomic mass is 10.3. The number of amides is 2. The van der Waals surface area contributed by atoms with E-state index in [9.17, 15) is 9.59 Å². The fourth-order valence-electron chi connectivity index (χ4n) is 1.73. The Morgan fingerprint density at radius 2 is 2.09 bits per heavy atom. The van der Waals surface area contributed by atoms with Gasteiger partial charge in [0.2, 0.25) is 0 Å². The standard InChI is InChI=1S/C14H15ClN2O4S/c1-20-10(11-4-5-12(15)22-11)8-17-14(19)13(18)16-7-9-3-2-6-21-9/h2-6,10H,7-8H2,1H3,(H,16,18)(H,17,19)/t10-/m0/s1. The third kappa shape index (κ3) is 4.59. The van der Waals surface area contributed by atoms with Crippen LogP contribution in [0.25, 0.3) is 0 Å². The summed E-state index contributed by atoms with van der Waals surface area (Å²) in [6, 6.07) is 6.99. The molecule has 2 heterocycles. The monoisotopic (exact) mass is 342 g/mol. The summed E-state index contributed by atoms with van der Waals surface area (Å²) in [4.78, 5) is 24.3. The normalized spacial score (nSPS) is 11.9. The number of furan rings is 1. The van der Waals surface area contributed by atoms with Crippen molar-refractivity contribution in [2.45, 2.75) is 12.6 Å². The molecular weight excluding hydrogens is 328 g/mol. The van der Waals surface area contributed by atoms with Crippen molar-refractivity contribution < 1.29 is 18.7 Å². The topological polar surface area (TPSA) is 80.6 Å². The van der Waals surface area contributed by atoms with Gasteiger partial charge in [0.25, 0.3) is 0 Å². The van der Waals surface area contributed by atoms with Crippen LogP contribution in [0.1, 0.15) is 16.7 Å². The first kappa shape index (κ1) is 16.5. The molecule has 0 aliphatic carbocycles. The van der Waals surface area contributed by atoms with Gasteiger partial charge in [-0.2, -0.15) is 0 Å². The Balaban J connectivity index is 1.79. The molecule has 118 valence electrons. The highest BCUT2D eigenvalue weighted by atomic mass is 35.5. The van der Waals surface area contributed by atoms with E-state index in [1.54, 1.807) is 18.2 Å². The zero-order valence-corrected chi connectivity index (χ0v) is 13.4. The number of rotatable bonds is 6. The van der Waals surface area contributed by atoms with Crippen LogP contribution < -0.4 is 10.6 Å². The zero-order valence-electron chi connectivity index (χ0n) is 11.8. The van der Waals surface area contributed by atoms with Crippen molar-refractivity contribution in [2.75, 3.05) is 13.7 Å². The summed E-state index contributed by atoms with van der Waals surface area (Å²) in [6.45, 7) is 0.341. The van der Waals surface area contributed by atoms with E-state index in [2.05, 4.69) is 10.6 Å². The Morgan fingerprint density at radius 3 is 2.68 bits per heavy atom. The Kier molecular flexibility index (Phi) is 6.00. The van der Waals surface area contributed by atoms with E-state index < -0.39 is 11.8 Å². The highest BCUT2D eigenvalue weighted by molar-refractivity contribution is 7.16. The maximum absolute atomic E-state index is 11.7. The number of nitrogens with one attached hydrogen (secondary N) is 2. The van der Waals surface area contributed by atoms with Gasteiger partial charge in [0.15, 0.2) is 0 Å². The highest BCUT2D eigenvalue weighted by Gasteiger charge is 2.18. The average Bonchev–Trinajstić information content (AvgIpc) is 3.17. The third-order valence-corrected chi connectivity index (χ3v) is 4.18. The van der Waals surface area contributed by atoms with E-state index in [1.165, 1.54) is 24.7 Å². The quantitative estimate of drug-likeness (QED) is 0.788. The molecule has 2 amide bonds. The van der Waals surface area contributed by atoms with Crippen LogP contribution in [0.15, 0.2) is 34.9 Å². The maximum atomic E-state index is 11.7. The molecule has 0 saturated carbocycles. The Morgan fingerprint density at radius 1 is 1.32 bits per heavy atom. The Labute approximate surface area is 136 Å². The average molecular weight is 343 g/mol. The summed E-state index contributed by atoms with van der Waals surface area (Å²) in [5, 5.41) is 4.99. The van der Waals surface area contributed by atoms with E-state index >= 15 is 0 Å². The number of hydrogen-bond acceptors (Lipinski definition) is 5. The van der Waals surface area contributed by atoms with Crippen molar-refractivity contribution in [1.29, 1.82) is 0 Å². The molecule has 8 heteroatoms. The molecule has 6 nitrogen and oxygen atoms in total. The highest BCUT2D eigenvalue weighted by Crippen LogP contribution is 2.28. The summed E-state index contributed by atoms with van der Waals surface area (Å²) in [5.74, 6) is -0.879. The minimum absolute atomic E-state index is 0.160. The van der Waals surface area contributed by atoms with Crippen molar-refractivity contribution in [2.24, 2.45) is 0 Å². The van der Waals surface area contributed by atoms with Gasteiger partial charge in [0.1, 0.15) is 11.9 Å². The van der Waals surface area contributed by atoms with Crippen molar-refractivity contribution in [3.63, 3.8) is 0 Å². The summed E-state index contributed by atoms with van der Waals surface area (Å²) < 4.78 is 11.0. The molecule has 0 radical (unpaired) electrons. The van der Waals surface area contributed by atoms with Gasteiger partial charge in [0, 0.05) is 18.5 Å². The van der Waals surface area contributed by atoms with Gasteiger partial charge in [-0.15, -0.1) is 11.3 Å². The van der Waals surface area contributed by atoms with Crippen molar-refractivity contribution >= 4 is 34.8 Å². The molecule has 0 unspecified atom stereocenters. The number of hydrogen-bond donors (Lipinski definition) is 2. The molecule has 0 aromatic carbocycles. The van der Waals surface area contributed by atoms with E-state index in [0.29, 0.717) is 10.1 Å². The van der Waals surface area contributed by atoms with Gasteiger partial charge < -0.3 is 19.8 Å². The zero-order chi connectivity index (χ0) is 15.9. The van der Waals surface area contributed by atoms with Crippen molar-refractivity contribution in [3.05, 3.63) is 45.5 Å². The molecule has 2 aromatic heterocycles. The van der Waals surface area contributed by atoms with Crippen LogP contribution in [0.4, 0.5) is 0 Å². The molecule has 0 spiro atoms. The molecule has 0 aliphatic heterocycles. The fourth-order valence-corrected chi connectivity index (χ4v) is 2.87. The van der Waals surface area contributed by atoms with E-state index in [4.69, 9.17) is 20.8 Å². The number of halogens is 1. The second-order valence-electron chi connectivity index (χ2n) is 4.34. The Bertz CT molecular complexity index is 627. The molecule has 2 N–H and O–H groups in total. The van der Waals surface area contributed by atoms with E-state index in [1.807, 2.05) is 6.07 Å². The molecule has 1 atom stereocenters. The smallest absolute Gasteiger partial charge is 0.309 e. The third-order valence-electron chi connectivity index (χ3n) is 2.85. The van der Waals surface area contributed by atoms with Crippen LogP contribution in [-0.2, 0) is 20.9 Å². The largest absolute Gasteiger partial charge is 0.467 e. The summed E-state index contributed by atoms with van der Waals surface area (Å²) in [6.07, 6.45) is 1.15. The maximum Gasteiger partial charge on any atom is 0.309 e. The van der Waals surface area contributed by atoms with Crippen molar-refractivity contribution in [1.82, 2.24) is 10.6 Å². The first-order valence-corrected chi connectivity index (χ1v) is 7.66. The lowest BCUT2D eigenvalue weighted by Gasteiger charge is -2.14. The van der Waals surface area contributed by atoms with Crippen LogP contribution in [0.3, 0.4) is 0 Å². The fraction of sp³-hybridized carbons (Fsp3) is 0.286. The lowest BCUT2D eigenvalue weighted by molar-refractivity contribution is -0.139. The van der Waals surface area contributed by atoms with Crippen LogP contribution in [0.2, 0.25) is 4.34 Å². The van der Waals surface area contributed by atoms with E-state index in [-0.39, 0.29) is 19.2 Å². The summed E-state index contributed by atoms with van der Waals surface area (Å²) in [7, 11) is 1.53. The first-order valence-electron chi connectivity index (χ1n) is 6.46. The summed E-state index contributed by atoms with van der Waals surface area (Å²) in [5.41, 5.74) is 0. The van der Waals surface area contributed by atoms with Crippen LogP contribution >= 0.6 is 22.9 Å². The summed E-state index contributed by atoms with van der Waals surface area (Å²) >= 11 is 7.23. The van der Waals surface area contributed by atoms with Crippen LogP contribution in [0, 0.1) is 0 Å². The van der Waals surface area contributed by atoms with Crippen molar-refractivity contribution in [3.8, 4) is 0 Å². The minimum Gasteiger partial charge on any atom is -0.467 e. The first-order chi connectivity index (χ1) is 10.6.